The first-order valence-corrected chi connectivity index (χ1v) is 13.4. The molecule has 13 heteroatoms. The van der Waals surface area contributed by atoms with E-state index < -0.39 is 17.7 Å². The molecule has 0 saturated heterocycles. The van der Waals surface area contributed by atoms with Crippen molar-refractivity contribution < 1.29 is 24.3 Å². The predicted octanol–water partition coefficient (Wildman–Crippen LogP) is 5.59. The number of nitrogens with one attached hydrogen (secondary N) is 2. The number of carbonyl (C=O) groups is 3. The first-order valence-electron chi connectivity index (χ1n) is 12.2. The molecule has 0 atom stereocenters. The highest BCUT2D eigenvalue weighted by Crippen LogP contribution is 2.32. The van der Waals surface area contributed by atoms with Crippen LogP contribution in [0.5, 0.6) is 5.75 Å². The summed E-state index contributed by atoms with van der Waals surface area (Å²) < 4.78 is 5.41. The molecule has 2 heterocycles. The lowest BCUT2D eigenvalue weighted by Gasteiger charge is -2.21. The van der Waals surface area contributed by atoms with E-state index in [0.717, 1.165) is 4.90 Å². The topological polar surface area (TPSA) is 147 Å². The molecule has 0 spiro atoms. The Kier molecular flexibility index (Phi) is 7.99. The summed E-state index contributed by atoms with van der Waals surface area (Å²) in [5.74, 6) is -1.15. The molecule has 0 radical (unpaired) electrons. The third-order valence-electron chi connectivity index (χ3n) is 5.94. The number of hydrogen-bond acceptors (Lipinski definition) is 10. The average Bonchev–Trinajstić information content (AvgIpc) is 3.52. The van der Waals surface area contributed by atoms with Gasteiger partial charge in [-0.15, -0.1) is 11.3 Å². The lowest BCUT2D eigenvalue weighted by atomic mass is 10.1. The third-order valence-corrected chi connectivity index (χ3v) is 7.04. The summed E-state index contributed by atoms with van der Waals surface area (Å²) in [6.07, 6.45) is 0. The van der Waals surface area contributed by atoms with Crippen LogP contribution in [-0.2, 0) is 9.59 Å². The Balaban J connectivity index is 1.27. The molecule has 11 nitrogen and oxygen atoms in total. The molecule has 0 unspecified atom stereocenters. The van der Waals surface area contributed by atoms with Gasteiger partial charge in [-0.2, -0.15) is 0 Å². The molecule has 3 amide bonds. The monoisotopic (exact) mass is 590 g/mol. The zero-order chi connectivity index (χ0) is 29.1. The quantitative estimate of drug-likeness (QED) is 0.168. The molecular weight excluding hydrogens is 570 g/mol. The average molecular weight is 591 g/mol. The minimum Gasteiger partial charge on any atom is -0.733 e. The van der Waals surface area contributed by atoms with Gasteiger partial charge in [-0.1, -0.05) is 29.8 Å². The Morgan fingerprint density at radius 2 is 1.83 bits per heavy atom. The van der Waals surface area contributed by atoms with E-state index in [2.05, 4.69) is 15.6 Å². The molecule has 0 bridgehead atoms. The molecule has 0 saturated carbocycles. The number of anilines is 4. The lowest BCUT2D eigenvalue weighted by Crippen LogP contribution is -2.32. The number of imide groups is 1. The largest absolute Gasteiger partial charge is 0.733 e. The van der Waals surface area contributed by atoms with Crippen LogP contribution in [0.25, 0.3) is 11.3 Å². The van der Waals surface area contributed by atoms with Gasteiger partial charge in [0.2, 0.25) is 0 Å². The molecule has 3 aromatic carbocycles. The van der Waals surface area contributed by atoms with Gasteiger partial charge in [0.25, 0.3) is 17.7 Å². The van der Waals surface area contributed by atoms with Crippen molar-refractivity contribution in [3.8, 4) is 17.0 Å². The van der Waals surface area contributed by atoms with Gasteiger partial charge in [-0.05, 0) is 61.5 Å². The smallest absolute Gasteiger partial charge is 0.283 e. The number of thiazole rings is 1. The normalized spacial score (nSPS) is 13.0. The molecule has 1 aliphatic rings. The Morgan fingerprint density at radius 1 is 1.10 bits per heavy atom. The van der Waals surface area contributed by atoms with Crippen molar-refractivity contribution in [2.24, 2.45) is 0 Å². The Labute approximate surface area is 242 Å². The molecule has 5 rings (SSSR count). The van der Waals surface area contributed by atoms with E-state index in [1.165, 1.54) is 29.5 Å². The van der Waals surface area contributed by atoms with Gasteiger partial charge in [0.15, 0.2) is 5.13 Å². The zero-order valence-electron chi connectivity index (χ0n) is 21.3. The molecule has 0 fully saturated rings. The number of hydrogen-bond donors (Lipinski definition) is 3. The molecular formula is C28H21ClN5O6S-. The Hall–Kier alpha value is -4.75. The first-order chi connectivity index (χ1) is 19.7. The lowest BCUT2D eigenvalue weighted by molar-refractivity contribution is -0.120. The number of aromatic nitrogens is 1. The first kappa shape index (κ1) is 27.8. The number of halogens is 1. The summed E-state index contributed by atoms with van der Waals surface area (Å²) in [6.45, 7) is 2.33. The fraction of sp³-hybridized carbons (Fsp3) is 0.0714. The van der Waals surface area contributed by atoms with E-state index >= 15 is 0 Å². The van der Waals surface area contributed by atoms with Gasteiger partial charge in [0.1, 0.15) is 16.5 Å². The van der Waals surface area contributed by atoms with Crippen molar-refractivity contribution >= 4 is 62.9 Å². The van der Waals surface area contributed by atoms with E-state index in [0.29, 0.717) is 40.1 Å². The van der Waals surface area contributed by atoms with E-state index in [9.17, 15) is 19.6 Å². The van der Waals surface area contributed by atoms with E-state index in [4.69, 9.17) is 21.5 Å². The minimum atomic E-state index is -0.673. The fourth-order valence-electron chi connectivity index (χ4n) is 3.98. The molecule has 4 aromatic rings. The molecule has 1 aliphatic heterocycles. The summed E-state index contributed by atoms with van der Waals surface area (Å²) >= 11 is 7.46. The van der Waals surface area contributed by atoms with Gasteiger partial charge < -0.3 is 20.5 Å². The van der Waals surface area contributed by atoms with Crippen LogP contribution in [0.4, 0.5) is 22.2 Å². The molecule has 208 valence electrons. The highest BCUT2D eigenvalue weighted by molar-refractivity contribution is 7.14. The highest BCUT2D eigenvalue weighted by Gasteiger charge is 2.39. The van der Waals surface area contributed by atoms with Crippen LogP contribution in [-0.4, -0.2) is 34.5 Å². The van der Waals surface area contributed by atoms with Gasteiger partial charge in [-0.3, -0.25) is 24.9 Å². The van der Waals surface area contributed by atoms with E-state index in [-0.39, 0.29) is 27.2 Å². The number of benzene rings is 3. The number of nitrogens with zero attached hydrogens (tertiary/aromatic N) is 3. The molecule has 1 aromatic heterocycles. The minimum absolute atomic E-state index is 0.0793. The standard InChI is InChI=1S/C28H21ClN5O6S/c1-2-40-21-12-10-19(11-13-21)33-26(36)23(29)24(27(33)37)30-18-5-3-4-17(14-18)25(35)32-28-31-22(15-41-28)16-6-8-20(9-7-16)34(38)39/h3-15,30,38H,2H2,1H3,(H,31,32,35)/q-1. The number of carbonyl (C=O) groups excluding carboxylic acids is 3. The van der Waals surface area contributed by atoms with Crippen molar-refractivity contribution in [1.29, 1.82) is 0 Å². The van der Waals surface area contributed by atoms with Gasteiger partial charge in [-0.25, -0.2) is 9.88 Å². The SMILES string of the molecule is CCOc1ccc(N2C(=O)C(Cl)=C(Nc3cccc(C(=O)Nc4nc(-c5ccc(N([O-])O)cc5)cs4)c3)C2=O)cc1. The number of rotatable bonds is 9. The number of amides is 3. The maximum absolute atomic E-state index is 13.1. The van der Waals surface area contributed by atoms with Crippen molar-refractivity contribution in [1.82, 2.24) is 4.98 Å². The number of ether oxygens (including phenoxy) is 1. The second-order valence-corrected chi connectivity index (χ2v) is 9.82. The van der Waals surface area contributed by atoms with Gasteiger partial charge in [0.05, 0.1) is 23.7 Å². The van der Waals surface area contributed by atoms with Crippen LogP contribution in [0.2, 0.25) is 0 Å². The van der Waals surface area contributed by atoms with Gasteiger partial charge >= 0.3 is 0 Å². The van der Waals surface area contributed by atoms with E-state index in [1.54, 1.807) is 60.0 Å². The summed E-state index contributed by atoms with van der Waals surface area (Å²) in [7, 11) is 0. The summed E-state index contributed by atoms with van der Waals surface area (Å²) in [4.78, 5) is 44.2. The zero-order valence-corrected chi connectivity index (χ0v) is 22.9. The van der Waals surface area contributed by atoms with Crippen molar-refractivity contribution in [2.75, 3.05) is 27.4 Å². The summed E-state index contributed by atoms with van der Waals surface area (Å²) in [5.41, 5.74) is 2.22. The second-order valence-electron chi connectivity index (χ2n) is 8.58. The maximum atomic E-state index is 13.1. The predicted molar refractivity (Wildman–Crippen MR) is 156 cm³/mol. The van der Waals surface area contributed by atoms with E-state index in [1.807, 2.05) is 6.92 Å². The van der Waals surface area contributed by atoms with Crippen LogP contribution in [0.1, 0.15) is 17.3 Å². The summed E-state index contributed by atoms with van der Waals surface area (Å²) in [5, 5.41) is 27.1. The van der Waals surface area contributed by atoms with Crippen molar-refractivity contribution in [2.45, 2.75) is 6.92 Å². The van der Waals surface area contributed by atoms with Crippen LogP contribution >= 0.6 is 22.9 Å². The van der Waals surface area contributed by atoms with Crippen molar-refractivity contribution in [3.05, 3.63) is 99.7 Å². The van der Waals surface area contributed by atoms with Crippen LogP contribution in [0.3, 0.4) is 0 Å². The Bertz CT molecular complexity index is 1650. The fourth-order valence-corrected chi connectivity index (χ4v) is 4.91. The third kappa shape index (κ3) is 5.90. The van der Waals surface area contributed by atoms with Crippen molar-refractivity contribution in [3.63, 3.8) is 0 Å². The summed E-state index contributed by atoms with van der Waals surface area (Å²) in [6, 6.07) is 19.0. The molecule has 3 N–H and O–H groups in total. The Morgan fingerprint density at radius 3 is 2.51 bits per heavy atom. The second kappa shape index (κ2) is 11.8. The molecule has 0 aliphatic carbocycles. The van der Waals surface area contributed by atoms with Crippen LogP contribution < -0.4 is 25.5 Å². The van der Waals surface area contributed by atoms with Crippen LogP contribution in [0, 0.1) is 5.21 Å². The van der Waals surface area contributed by atoms with Gasteiger partial charge in [0, 0.05) is 22.2 Å². The van der Waals surface area contributed by atoms with Crippen LogP contribution in [0.15, 0.2) is 88.9 Å². The highest BCUT2D eigenvalue weighted by atomic mass is 35.5. The molecule has 41 heavy (non-hydrogen) atoms. The maximum Gasteiger partial charge on any atom is 0.283 e.